The van der Waals surface area contributed by atoms with Crippen molar-refractivity contribution in [2.24, 2.45) is 0 Å². The smallest absolute Gasteiger partial charge is 0.319 e. The number of piperidine rings is 1. The molecule has 2 aromatic rings. The van der Waals surface area contributed by atoms with Gasteiger partial charge in [0.05, 0.1) is 12.2 Å². The van der Waals surface area contributed by atoms with Gasteiger partial charge in [-0.15, -0.1) is 0 Å². The number of aromatic nitrogens is 2. The summed E-state index contributed by atoms with van der Waals surface area (Å²) in [5.74, 6) is 0.760. The molecule has 6 heteroatoms. The van der Waals surface area contributed by atoms with Crippen molar-refractivity contribution in [3.8, 4) is 0 Å². The van der Waals surface area contributed by atoms with Crippen molar-refractivity contribution in [3.63, 3.8) is 0 Å². The van der Waals surface area contributed by atoms with E-state index in [1.807, 2.05) is 30.3 Å². The molecule has 2 N–H and O–H groups in total. The highest BCUT2D eigenvalue weighted by molar-refractivity contribution is 5.90. The van der Waals surface area contributed by atoms with Crippen LogP contribution in [0.2, 0.25) is 0 Å². The highest BCUT2D eigenvalue weighted by Gasteiger charge is 2.14. The number of nitrogens with zero attached hydrogens (tertiary/aromatic N) is 3. The fraction of sp³-hybridized carbons (Fsp3) is 0.421. The summed E-state index contributed by atoms with van der Waals surface area (Å²) in [6.07, 6.45) is 6.28. The lowest BCUT2D eigenvalue weighted by Gasteiger charge is -2.26. The van der Waals surface area contributed by atoms with Gasteiger partial charge in [0.15, 0.2) is 0 Å². The predicted octanol–water partition coefficient (Wildman–Crippen LogP) is 3.35. The molecular weight excluding hydrogens is 314 g/mol. The average Bonchev–Trinajstić information content (AvgIpc) is 2.68. The van der Waals surface area contributed by atoms with E-state index in [2.05, 4.69) is 32.4 Å². The number of carbonyl (C=O) groups excluding carboxylic acids is 1. The number of para-hydroxylation sites is 1. The highest BCUT2D eigenvalue weighted by atomic mass is 16.2. The van der Waals surface area contributed by atoms with Gasteiger partial charge in [-0.2, -0.15) is 0 Å². The van der Waals surface area contributed by atoms with Crippen LogP contribution in [0.5, 0.6) is 0 Å². The van der Waals surface area contributed by atoms with E-state index in [4.69, 9.17) is 0 Å². The molecule has 0 radical (unpaired) electrons. The summed E-state index contributed by atoms with van der Waals surface area (Å²) in [6, 6.07) is 9.45. The van der Waals surface area contributed by atoms with E-state index in [1.54, 1.807) is 6.20 Å². The lowest BCUT2D eigenvalue weighted by Crippen LogP contribution is -2.32. The molecule has 0 unspecified atom stereocenters. The second-order valence-corrected chi connectivity index (χ2v) is 6.21. The van der Waals surface area contributed by atoms with Crippen LogP contribution in [0.15, 0.2) is 36.5 Å². The maximum Gasteiger partial charge on any atom is 0.319 e. The van der Waals surface area contributed by atoms with E-state index < -0.39 is 0 Å². The zero-order valence-electron chi connectivity index (χ0n) is 14.7. The summed E-state index contributed by atoms with van der Waals surface area (Å²) in [5, 5.41) is 5.78. The van der Waals surface area contributed by atoms with E-state index in [0.29, 0.717) is 6.54 Å². The third-order valence-electron chi connectivity index (χ3n) is 4.42. The lowest BCUT2D eigenvalue weighted by molar-refractivity contribution is 0.251. The molecule has 2 heterocycles. The van der Waals surface area contributed by atoms with Crippen molar-refractivity contribution in [1.82, 2.24) is 15.3 Å². The predicted molar refractivity (Wildman–Crippen MR) is 99.8 cm³/mol. The number of nitrogens with one attached hydrogen (secondary N) is 2. The van der Waals surface area contributed by atoms with Gasteiger partial charge >= 0.3 is 6.03 Å². The third-order valence-corrected chi connectivity index (χ3v) is 4.42. The Morgan fingerprint density at radius 1 is 1.16 bits per heavy atom. The van der Waals surface area contributed by atoms with Crippen molar-refractivity contribution in [2.75, 3.05) is 23.3 Å². The summed E-state index contributed by atoms with van der Waals surface area (Å²) >= 11 is 0. The van der Waals surface area contributed by atoms with Crippen LogP contribution in [-0.4, -0.2) is 29.1 Å². The maximum absolute atomic E-state index is 12.2. The van der Waals surface area contributed by atoms with E-state index >= 15 is 0 Å². The minimum Gasteiger partial charge on any atom is -0.341 e. The fourth-order valence-corrected chi connectivity index (χ4v) is 3.02. The van der Waals surface area contributed by atoms with Crippen LogP contribution in [0, 0.1) is 0 Å². The lowest BCUT2D eigenvalue weighted by atomic mass is 10.1. The molecule has 1 fully saturated rings. The zero-order chi connectivity index (χ0) is 17.5. The number of urea groups is 1. The molecule has 1 saturated heterocycles. The van der Waals surface area contributed by atoms with E-state index in [-0.39, 0.29) is 6.03 Å². The number of amides is 2. The molecule has 0 aliphatic carbocycles. The Labute approximate surface area is 148 Å². The van der Waals surface area contributed by atoms with Crippen LogP contribution in [-0.2, 0) is 13.0 Å². The number of benzene rings is 1. The molecular formula is C19H25N5O. The molecule has 0 spiro atoms. The summed E-state index contributed by atoms with van der Waals surface area (Å²) in [7, 11) is 0. The summed E-state index contributed by atoms with van der Waals surface area (Å²) in [6.45, 7) is 4.46. The number of rotatable bonds is 5. The van der Waals surface area contributed by atoms with Crippen LogP contribution in [0.4, 0.5) is 16.4 Å². The van der Waals surface area contributed by atoms with Crippen LogP contribution in [0.25, 0.3) is 0 Å². The fourth-order valence-electron chi connectivity index (χ4n) is 3.02. The van der Waals surface area contributed by atoms with E-state index in [9.17, 15) is 4.79 Å². The molecule has 1 aromatic carbocycles. The van der Waals surface area contributed by atoms with Crippen LogP contribution < -0.4 is 15.5 Å². The quantitative estimate of drug-likeness (QED) is 0.876. The molecule has 132 valence electrons. The summed E-state index contributed by atoms with van der Waals surface area (Å²) in [5.41, 5.74) is 2.78. The zero-order valence-corrected chi connectivity index (χ0v) is 14.7. The van der Waals surface area contributed by atoms with Gasteiger partial charge in [0.1, 0.15) is 0 Å². The Morgan fingerprint density at radius 3 is 2.76 bits per heavy atom. The molecule has 1 aliphatic heterocycles. The van der Waals surface area contributed by atoms with Gasteiger partial charge in [0, 0.05) is 25.0 Å². The van der Waals surface area contributed by atoms with Crippen molar-refractivity contribution < 1.29 is 4.79 Å². The Kier molecular flexibility index (Phi) is 5.82. The Bertz CT molecular complexity index is 712. The first kappa shape index (κ1) is 17.2. The maximum atomic E-state index is 12.2. The summed E-state index contributed by atoms with van der Waals surface area (Å²) < 4.78 is 0. The Hall–Kier alpha value is -2.63. The minimum absolute atomic E-state index is 0.223. The standard InChI is InChI=1S/C19H25N5O/c1-2-15-8-4-5-9-17(15)23-19(25)21-14-16-10-11-20-18(22-16)24-12-6-3-7-13-24/h4-5,8-11H,2-3,6-7,12-14H2,1H3,(H2,21,23,25). The molecule has 0 saturated carbocycles. The van der Waals surface area contributed by atoms with Crippen molar-refractivity contribution in [1.29, 1.82) is 0 Å². The van der Waals surface area contributed by atoms with Crippen LogP contribution >= 0.6 is 0 Å². The van der Waals surface area contributed by atoms with Gasteiger partial charge in [0.2, 0.25) is 5.95 Å². The van der Waals surface area contributed by atoms with Crippen molar-refractivity contribution in [2.45, 2.75) is 39.2 Å². The SMILES string of the molecule is CCc1ccccc1NC(=O)NCc1ccnc(N2CCCCC2)n1. The van der Waals surface area contributed by atoms with Gasteiger partial charge in [0.25, 0.3) is 0 Å². The van der Waals surface area contributed by atoms with Crippen molar-refractivity contribution in [3.05, 3.63) is 47.8 Å². The molecule has 0 bridgehead atoms. The van der Waals surface area contributed by atoms with E-state index in [1.165, 1.54) is 19.3 Å². The number of aryl methyl sites for hydroxylation is 1. The van der Waals surface area contributed by atoms with Gasteiger partial charge in [-0.05, 0) is 43.4 Å². The molecule has 6 nitrogen and oxygen atoms in total. The molecule has 1 aliphatic rings. The minimum atomic E-state index is -0.223. The van der Waals surface area contributed by atoms with Gasteiger partial charge in [-0.25, -0.2) is 14.8 Å². The van der Waals surface area contributed by atoms with Crippen LogP contribution in [0.3, 0.4) is 0 Å². The monoisotopic (exact) mass is 339 g/mol. The second kappa shape index (κ2) is 8.46. The first-order valence-electron chi connectivity index (χ1n) is 8.96. The number of hydrogen-bond acceptors (Lipinski definition) is 4. The number of anilines is 2. The summed E-state index contributed by atoms with van der Waals surface area (Å²) in [4.78, 5) is 23.3. The van der Waals surface area contributed by atoms with Gasteiger partial charge in [-0.1, -0.05) is 25.1 Å². The molecule has 25 heavy (non-hydrogen) atoms. The molecule has 2 amide bonds. The van der Waals surface area contributed by atoms with Crippen LogP contribution in [0.1, 0.15) is 37.4 Å². The Morgan fingerprint density at radius 2 is 1.96 bits per heavy atom. The highest BCUT2D eigenvalue weighted by Crippen LogP contribution is 2.16. The third kappa shape index (κ3) is 4.68. The largest absolute Gasteiger partial charge is 0.341 e. The average molecular weight is 339 g/mol. The van der Waals surface area contributed by atoms with Gasteiger partial charge in [-0.3, -0.25) is 0 Å². The Balaban J connectivity index is 1.57. The first-order valence-corrected chi connectivity index (χ1v) is 8.96. The van der Waals surface area contributed by atoms with Gasteiger partial charge < -0.3 is 15.5 Å². The number of hydrogen-bond donors (Lipinski definition) is 2. The molecule has 3 rings (SSSR count). The molecule has 0 atom stereocenters. The first-order chi connectivity index (χ1) is 12.3. The van der Waals surface area contributed by atoms with Crippen molar-refractivity contribution >= 4 is 17.7 Å². The van der Waals surface area contributed by atoms with E-state index in [0.717, 1.165) is 42.4 Å². The number of carbonyl (C=O) groups is 1. The second-order valence-electron chi connectivity index (χ2n) is 6.21. The topological polar surface area (TPSA) is 70.2 Å². The normalized spacial score (nSPS) is 14.2. The molecule has 1 aromatic heterocycles.